The van der Waals surface area contributed by atoms with Crippen LogP contribution in [0.1, 0.15) is 194 Å². The fraction of sp³-hybridized carbons (Fsp3) is 1.00. The van der Waals surface area contributed by atoms with Crippen molar-refractivity contribution in [3.8, 4) is 0 Å². The van der Waals surface area contributed by atoms with Crippen LogP contribution in [0.25, 0.3) is 0 Å². The van der Waals surface area contributed by atoms with Crippen molar-refractivity contribution >= 4 is 0 Å². The van der Waals surface area contributed by atoms with Gasteiger partial charge < -0.3 is 25.0 Å². The largest absolute Gasteiger partial charge is 0.392 e. The highest BCUT2D eigenvalue weighted by Crippen LogP contribution is 2.15. The molecule has 0 spiro atoms. The zero-order valence-corrected chi connectivity index (χ0v) is 33.7. The second kappa shape index (κ2) is 41.1. The van der Waals surface area contributed by atoms with Crippen molar-refractivity contribution in [1.29, 1.82) is 0 Å². The molecule has 8 heteroatoms. The van der Waals surface area contributed by atoms with Gasteiger partial charge in [0.05, 0.1) is 38.6 Å². The molecule has 0 bridgehead atoms. The fourth-order valence-electron chi connectivity index (χ4n) is 6.69. The summed E-state index contributed by atoms with van der Waals surface area (Å²) in [6.07, 6.45) is 32.2. The quantitative estimate of drug-likeness (QED) is 0.0427. The number of unbranched alkanes of at least 4 members (excludes halogenated alkanes) is 21. The number of rotatable bonds is 43. The van der Waals surface area contributed by atoms with Crippen LogP contribution in [0.4, 0.5) is 0 Å². The van der Waals surface area contributed by atoms with Crippen molar-refractivity contribution in [1.82, 2.24) is 10.2 Å². The second-order valence-corrected chi connectivity index (χ2v) is 15.0. The van der Waals surface area contributed by atoms with Crippen LogP contribution in [-0.4, -0.2) is 92.5 Å². The molecule has 0 aliphatic rings. The van der Waals surface area contributed by atoms with Crippen LogP contribution in [0.15, 0.2) is 5.18 Å². The minimum Gasteiger partial charge on any atom is -0.392 e. The van der Waals surface area contributed by atoms with Crippen molar-refractivity contribution < 1.29 is 19.7 Å². The van der Waals surface area contributed by atoms with E-state index >= 15 is 0 Å². The van der Waals surface area contributed by atoms with Gasteiger partial charge in [0.1, 0.15) is 6.04 Å². The number of nitrogens with one attached hydrogen (secondary N) is 1. The highest BCUT2D eigenvalue weighted by Gasteiger charge is 2.18. The molecule has 50 heavy (non-hydrogen) atoms. The molecule has 0 aliphatic heterocycles. The number of aliphatic hydroxyl groups excluding tert-OH is 2. The maximum absolute atomic E-state index is 11.8. The van der Waals surface area contributed by atoms with E-state index < -0.39 is 0 Å². The first-order valence-corrected chi connectivity index (χ1v) is 21.8. The maximum atomic E-state index is 11.8. The molecule has 0 rings (SSSR count). The van der Waals surface area contributed by atoms with E-state index in [1.54, 1.807) is 0 Å². The molecule has 0 aromatic rings. The van der Waals surface area contributed by atoms with Gasteiger partial charge >= 0.3 is 0 Å². The Hall–Kier alpha value is -0.640. The topological polar surface area (TPSA) is 104 Å². The van der Waals surface area contributed by atoms with Gasteiger partial charge in [-0.1, -0.05) is 180 Å². The molecule has 0 heterocycles. The van der Waals surface area contributed by atoms with Gasteiger partial charge in [0.2, 0.25) is 0 Å². The zero-order valence-electron chi connectivity index (χ0n) is 33.7. The Labute approximate surface area is 311 Å². The van der Waals surface area contributed by atoms with Crippen molar-refractivity contribution in [2.45, 2.75) is 212 Å². The lowest BCUT2D eigenvalue weighted by atomic mass is 10.0. The van der Waals surface area contributed by atoms with Crippen LogP contribution in [0.2, 0.25) is 0 Å². The average Bonchev–Trinajstić information content (AvgIpc) is 3.11. The second-order valence-electron chi connectivity index (χ2n) is 15.0. The highest BCUT2D eigenvalue weighted by molar-refractivity contribution is 4.74. The molecule has 0 amide bonds. The number of nitroso groups, excluding NO2 is 1. The number of nitrogens with zero attached hydrogens (tertiary/aromatic N) is 2. The Balaban J connectivity index is 4.23. The number of aliphatic hydroxyl groups is 2. The molecule has 0 aromatic heterocycles. The Bertz CT molecular complexity index is 659. The summed E-state index contributed by atoms with van der Waals surface area (Å²) in [5, 5.41) is 27.9. The van der Waals surface area contributed by atoms with Crippen molar-refractivity contribution in [2.24, 2.45) is 5.18 Å². The zero-order chi connectivity index (χ0) is 36.6. The fourth-order valence-corrected chi connectivity index (χ4v) is 6.69. The lowest BCUT2D eigenvalue weighted by molar-refractivity contribution is 0.0298. The smallest absolute Gasteiger partial charge is 0.105 e. The normalized spacial score (nSPS) is 13.6. The minimum atomic E-state index is -0.389. The van der Waals surface area contributed by atoms with Gasteiger partial charge in [-0.05, 0) is 19.3 Å². The molecule has 0 aromatic carbocycles. The Morgan fingerprint density at radius 3 is 1.42 bits per heavy atom. The molecule has 0 saturated carbocycles. The molecule has 0 saturated heterocycles. The number of hydrogen-bond acceptors (Lipinski definition) is 8. The molecule has 0 radical (unpaired) electrons. The van der Waals surface area contributed by atoms with Gasteiger partial charge in [0.25, 0.3) is 0 Å². The first-order chi connectivity index (χ1) is 24.6. The van der Waals surface area contributed by atoms with Crippen LogP contribution in [0.5, 0.6) is 0 Å². The maximum Gasteiger partial charge on any atom is 0.105 e. The summed E-state index contributed by atoms with van der Waals surface area (Å²) < 4.78 is 11.6. The first-order valence-electron chi connectivity index (χ1n) is 21.8. The lowest BCUT2D eigenvalue weighted by Gasteiger charge is -2.27. The summed E-state index contributed by atoms with van der Waals surface area (Å²) in [6.45, 7) is 12.1. The molecular weight excluding hydrogens is 626 g/mol. The summed E-state index contributed by atoms with van der Waals surface area (Å²) in [5.41, 5.74) is 0. The van der Waals surface area contributed by atoms with Crippen molar-refractivity contribution in [2.75, 3.05) is 59.2 Å². The summed E-state index contributed by atoms with van der Waals surface area (Å²) in [6, 6.07) is -0.236. The van der Waals surface area contributed by atoms with Gasteiger partial charge in [-0.25, -0.2) is 0 Å². The van der Waals surface area contributed by atoms with E-state index in [1.807, 2.05) is 0 Å². The van der Waals surface area contributed by atoms with Crippen LogP contribution in [-0.2, 0) is 9.47 Å². The molecule has 300 valence electrons. The number of ether oxygens (including phenoxy) is 2. The van der Waals surface area contributed by atoms with E-state index in [0.29, 0.717) is 52.6 Å². The predicted molar refractivity (Wildman–Crippen MR) is 214 cm³/mol. The van der Waals surface area contributed by atoms with Crippen LogP contribution < -0.4 is 5.32 Å². The Morgan fingerprint density at radius 1 is 0.520 bits per heavy atom. The Morgan fingerprint density at radius 2 is 0.940 bits per heavy atom. The van der Waals surface area contributed by atoms with Gasteiger partial charge in [0, 0.05) is 32.7 Å². The van der Waals surface area contributed by atoms with Crippen LogP contribution >= 0.6 is 0 Å². The molecule has 8 nitrogen and oxygen atoms in total. The molecule has 0 fully saturated rings. The molecular formula is C42H87N3O5. The third-order valence-electron chi connectivity index (χ3n) is 9.99. The van der Waals surface area contributed by atoms with Gasteiger partial charge in [0.15, 0.2) is 0 Å². The van der Waals surface area contributed by atoms with E-state index in [9.17, 15) is 15.1 Å². The van der Waals surface area contributed by atoms with Gasteiger partial charge in [-0.2, -0.15) is 4.91 Å². The third-order valence-corrected chi connectivity index (χ3v) is 9.99. The van der Waals surface area contributed by atoms with Crippen molar-refractivity contribution in [3.63, 3.8) is 0 Å². The highest BCUT2D eigenvalue weighted by atomic mass is 16.5. The van der Waals surface area contributed by atoms with E-state index in [1.165, 1.54) is 128 Å². The van der Waals surface area contributed by atoms with Crippen LogP contribution in [0.3, 0.4) is 0 Å². The van der Waals surface area contributed by atoms with E-state index in [4.69, 9.17) is 9.47 Å². The van der Waals surface area contributed by atoms with E-state index in [0.717, 1.165) is 51.5 Å². The minimum absolute atomic E-state index is 0.236. The summed E-state index contributed by atoms with van der Waals surface area (Å²) in [4.78, 5) is 14.0. The monoisotopic (exact) mass is 714 g/mol. The Kier molecular flexibility index (Phi) is 40.6. The first kappa shape index (κ1) is 49.4. The average molecular weight is 714 g/mol. The molecule has 3 unspecified atom stereocenters. The predicted octanol–water partition coefficient (Wildman–Crippen LogP) is 10.4. The summed E-state index contributed by atoms with van der Waals surface area (Å²) >= 11 is 0. The van der Waals surface area contributed by atoms with Crippen LogP contribution in [0, 0.1) is 4.91 Å². The summed E-state index contributed by atoms with van der Waals surface area (Å²) in [7, 11) is 0. The SMILES string of the molecule is CCCCCCCCCCC(O)CNCCOCCOCCN(CC(O)CCCCCCCCCC)CC(CCCCCCCCCC)N=O. The molecule has 3 N–H and O–H groups in total. The third kappa shape index (κ3) is 37.1. The lowest BCUT2D eigenvalue weighted by Crippen LogP contribution is -2.39. The van der Waals surface area contributed by atoms with E-state index in [-0.39, 0.29) is 18.2 Å². The van der Waals surface area contributed by atoms with Gasteiger partial charge in [-0.15, -0.1) is 0 Å². The number of hydrogen-bond donors (Lipinski definition) is 3. The van der Waals surface area contributed by atoms with Crippen molar-refractivity contribution in [3.05, 3.63) is 4.91 Å². The van der Waals surface area contributed by atoms with E-state index in [2.05, 4.69) is 36.2 Å². The van der Waals surface area contributed by atoms with Gasteiger partial charge in [-0.3, -0.25) is 4.90 Å². The molecule has 3 atom stereocenters. The molecule has 0 aliphatic carbocycles. The summed E-state index contributed by atoms with van der Waals surface area (Å²) in [5.74, 6) is 0. The standard InChI is InChI=1S/C42H87N3O5/c1-4-7-10-13-16-19-22-25-28-40(44-48)38-45(39-42(47)30-27-24-21-18-15-12-9-6-3)32-34-50-36-35-49-33-31-43-37-41(46)29-26-23-20-17-14-11-8-5-2/h40-43,46-47H,4-39H2,1-3H3.